The molecule has 1 aliphatic heterocycles. The van der Waals surface area contributed by atoms with Crippen molar-refractivity contribution in [3.63, 3.8) is 0 Å². The van der Waals surface area contributed by atoms with Crippen LogP contribution in [0.5, 0.6) is 5.75 Å². The van der Waals surface area contributed by atoms with Gasteiger partial charge in [0.15, 0.2) is 0 Å². The van der Waals surface area contributed by atoms with Crippen LogP contribution in [0.1, 0.15) is 52.0 Å². The van der Waals surface area contributed by atoms with Crippen LogP contribution in [0, 0.1) is 0 Å². The van der Waals surface area contributed by atoms with Gasteiger partial charge in [0.05, 0.1) is 17.9 Å². The van der Waals surface area contributed by atoms with Gasteiger partial charge in [0.1, 0.15) is 5.75 Å². The predicted octanol–water partition coefficient (Wildman–Crippen LogP) is 3.73. The Balaban J connectivity index is 2.08. The summed E-state index contributed by atoms with van der Waals surface area (Å²) in [6, 6.07) is 6.30. The molecular weight excluding hydrogens is 278 g/mol. The van der Waals surface area contributed by atoms with E-state index in [1.807, 2.05) is 13.0 Å². The predicted molar refractivity (Wildman–Crippen MR) is 89.4 cm³/mol. The van der Waals surface area contributed by atoms with Crippen LogP contribution < -0.4 is 10.1 Å². The van der Waals surface area contributed by atoms with Crippen molar-refractivity contribution in [2.24, 2.45) is 0 Å². The fraction of sp³-hybridized carbons (Fsp3) is 0.667. The number of hydrogen-bond donors (Lipinski definition) is 2. The number of unbranched alkanes of at least 4 members (excludes halogenated alkanes) is 1. The van der Waals surface area contributed by atoms with Gasteiger partial charge in [0, 0.05) is 13.0 Å². The second kappa shape index (κ2) is 8.39. The lowest BCUT2D eigenvalue weighted by Gasteiger charge is -2.31. The molecule has 0 amide bonds. The highest BCUT2D eigenvalue weighted by Crippen LogP contribution is 2.30. The van der Waals surface area contributed by atoms with Crippen LogP contribution in [-0.2, 0) is 11.2 Å². The molecule has 22 heavy (non-hydrogen) atoms. The molecule has 4 nitrogen and oxygen atoms in total. The van der Waals surface area contributed by atoms with Crippen molar-refractivity contribution in [1.29, 1.82) is 0 Å². The monoisotopic (exact) mass is 307 g/mol. The summed E-state index contributed by atoms with van der Waals surface area (Å²) in [5.74, 6) is 0.799. The molecule has 2 N–H and O–H groups in total. The zero-order valence-electron chi connectivity index (χ0n) is 14.0. The molecule has 2 rings (SSSR count). The van der Waals surface area contributed by atoms with Crippen molar-refractivity contribution in [2.45, 2.75) is 71.4 Å². The van der Waals surface area contributed by atoms with E-state index in [0.29, 0.717) is 12.8 Å². The van der Waals surface area contributed by atoms with Crippen molar-refractivity contribution in [3.8, 4) is 5.75 Å². The highest BCUT2D eigenvalue weighted by molar-refractivity contribution is 5.58. The number of ether oxygens (including phenoxy) is 2. The molecule has 3 unspecified atom stereocenters. The first-order chi connectivity index (χ1) is 10.6. The minimum atomic E-state index is -0.377. The lowest BCUT2D eigenvalue weighted by atomic mass is 10.1. The number of nitrogens with one attached hydrogen (secondary N) is 1. The third kappa shape index (κ3) is 4.89. The smallest absolute Gasteiger partial charge is 0.202 e. The molecule has 1 aromatic carbocycles. The van der Waals surface area contributed by atoms with Crippen LogP contribution in [-0.4, -0.2) is 30.1 Å². The molecular formula is C18H29NO3. The number of aliphatic hydroxyl groups excluding tert-OH is 1. The fourth-order valence-corrected chi connectivity index (χ4v) is 2.83. The maximum atomic E-state index is 9.87. The average molecular weight is 307 g/mol. The van der Waals surface area contributed by atoms with Gasteiger partial charge in [-0.3, -0.25) is 0 Å². The van der Waals surface area contributed by atoms with E-state index >= 15 is 0 Å². The summed E-state index contributed by atoms with van der Waals surface area (Å²) in [6.45, 7) is 7.09. The summed E-state index contributed by atoms with van der Waals surface area (Å²) in [5, 5.41) is 13.2. The van der Waals surface area contributed by atoms with E-state index in [9.17, 15) is 5.11 Å². The van der Waals surface area contributed by atoms with Gasteiger partial charge in [-0.15, -0.1) is 0 Å². The number of anilines is 1. The van der Waals surface area contributed by atoms with Crippen LogP contribution in [0.2, 0.25) is 0 Å². The standard InChI is InChI=1S/C18H29NO3/c1-4-6-7-14-8-9-17(16(11-14)19-5-2)22-18-12-15(20)10-13(3)21-18/h8-9,11,13,15,18-20H,4-7,10,12H2,1-3H3. The van der Waals surface area contributed by atoms with Crippen LogP contribution in [0.3, 0.4) is 0 Å². The highest BCUT2D eigenvalue weighted by Gasteiger charge is 2.27. The molecule has 0 saturated carbocycles. The Hall–Kier alpha value is -1.26. The Kier molecular flexibility index (Phi) is 6.52. The van der Waals surface area contributed by atoms with E-state index < -0.39 is 0 Å². The van der Waals surface area contributed by atoms with Crippen molar-refractivity contribution < 1.29 is 14.6 Å². The summed E-state index contributed by atoms with van der Waals surface area (Å²) in [6.07, 6.45) is 3.98. The molecule has 1 heterocycles. The Labute approximate surface area is 133 Å². The Bertz CT molecular complexity index is 454. The maximum absolute atomic E-state index is 9.87. The molecule has 4 heteroatoms. The number of hydrogen-bond acceptors (Lipinski definition) is 4. The Morgan fingerprint density at radius 3 is 2.82 bits per heavy atom. The van der Waals surface area contributed by atoms with E-state index in [0.717, 1.165) is 24.4 Å². The molecule has 1 fully saturated rings. The van der Waals surface area contributed by atoms with E-state index in [2.05, 4.69) is 31.3 Å². The van der Waals surface area contributed by atoms with Crippen LogP contribution >= 0.6 is 0 Å². The van der Waals surface area contributed by atoms with Gasteiger partial charge in [-0.1, -0.05) is 19.4 Å². The summed E-state index contributed by atoms with van der Waals surface area (Å²) >= 11 is 0. The molecule has 0 bridgehead atoms. The number of aryl methyl sites for hydroxylation is 1. The molecule has 0 aromatic heterocycles. The third-order valence-corrected chi connectivity index (χ3v) is 3.94. The Morgan fingerprint density at radius 2 is 2.14 bits per heavy atom. The number of aliphatic hydroxyl groups is 1. The average Bonchev–Trinajstić information content (AvgIpc) is 2.46. The number of benzene rings is 1. The van der Waals surface area contributed by atoms with Crippen molar-refractivity contribution in [2.75, 3.05) is 11.9 Å². The highest BCUT2D eigenvalue weighted by atomic mass is 16.7. The zero-order chi connectivity index (χ0) is 15.9. The minimum Gasteiger partial charge on any atom is -0.463 e. The van der Waals surface area contributed by atoms with Gasteiger partial charge >= 0.3 is 0 Å². The quantitative estimate of drug-likeness (QED) is 0.806. The molecule has 3 atom stereocenters. The van der Waals surface area contributed by atoms with Gasteiger partial charge in [-0.05, 0) is 50.8 Å². The Morgan fingerprint density at radius 1 is 1.32 bits per heavy atom. The van der Waals surface area contributed by atoms with Gasteiger partial charge in [-0.2, -0.15) is 0 Å². The molecule has 1 saturated heterocycles. The summed E-state index contributed by atoms with van der Waals surface area (Å²) in [7, 11) is 0. The second-order valence-corrected chi connectivity index (χ2v) is 6.08. The van der Waals surface area contributed by atoms with Crippen molar-refractivity contribution in [3.05, 3.63) is 23.8 Å². The molecule has 124 valence electrons. The van der Waals surface area contributed by atoms with Crippen LogP contribution in [0.4, 0.5) is 5.69 Å². The molecule has 1 aliphatic rings. The molecule has 0 aliphatic carbocycles. The summed E-state index contributed by atoms with van der Waals surface area (Å²) < 4.78 is 11.8. The minimum absolute atomic E-state index is 0.0279. The molecule has 1 aromatic rings. The van der Waals surface area contributed by atoms with E-state index in [1.165, 1.54) is 18.4 Å². The van der Waals surface area contributed by atoms with Gasteiger partial charge < -0.3 is 19.9 Å². The largest absolute Gasteiger partial charge is 0.463 e. The third-order valence-electron chi connectivity index (χ3n) is 3.94. The summed E-state index contributed by atoms with van der Waals surface area (Å²) in [5.41, 5.74) is 2.33. The molecule has 0 spiro atoms. The van der Waals surface area contributed by atoms with Crippen LogP contribution in [0.25, 0.3) is 0 Å². The molecule has 0 radical (unpaired) electrons. The lowest BCUT2D eigenvalue weighted by molar-refractivity contribution is -0.169. The van der Waals surface area contributed by atoms with E-state index in [4.69, 9.17) is 9.47 Å². The van der Waals surface area contributed by atoms with Crippen molar-refractivity contribution >= 4 is 5.69 Å². The number of rotatable bonds is 7. The maximum Gasteiger partial charge on any atom is 0.202 e. The normalized spacial score (nSPS) is 25.0. The summed E-state index contributed by atoms with van der Waals surface area (Å²) in [4.78, 5) is 0. The fourth-order valence-electron chi connectivity index (χ4n) is 2.83. The SMILES string of the molecule is CCCCc1ccc(OC2CC(O)CC(C)O2)c(NCC)c1. The zero-order valence-corrected chi connectivity index (χ0v) is 14.0. The second-order valence-electron chi connectivity index (χ2n) is 6.08. The first-order valence-electron chi connectivity index (χ1n) is 8.49. The van der Waals surface area contributed by atoms with Gasteiger partial charge in [0.2, 0.25) is 6.29 Å². The van der Waals surface area contributed by atoms with Crippen LogP contribution in [0.15, 0.2) is 18.2 Å². The first kappa shape index (κ1) is 17.1. The topological polar surface area (TPSA) is 50.7 Å². The van der Waals surface area contributed by atoms with Gasteiger partial charge in [-0.25, -0.2) is 0 Å². The van der Waals surface area contributed by atoms with E-state index in [1.54, 1.807) is 0 Å². The lowest BCUT2D eigenvalue weighted by Crippen LogP contribution is -2.37. The van der Waals surface area contributed by atoms with E-state index in [-0.39, 0.29) is 18.5 Å². The first-order valence-corrected chi connectivity index (χ1v) is 8.49. The van der Waals surface area contributed by atoms with Crippen molar-refractivity contribution in [1.82, 2.24) is 0 Å². The van der Waals surface area contributed by atoms with Gasteiger partial charge in [0.25, 0.3) is 0 Å².